The Hall–Kier alpha value is -1.83. The molecule has 0 saturated heterocycles. The smallest absolute Gasteiger partial charge is 0.224 e. The number of benzene rings is 2. The van der Waals surface area contributed by atoms with Crippen molar-refractivity contribution in [3.8, 4) is 0 Å². The summed E-state index contributed by atoms with van der Waals surface area (Å²) in [4.78, 5) is 11.5. The minimum atomic E-state index is 0.0823. The van der Waals surface area contributed by atoms with E-state index in [9.17, 15) is 4.79 Å². The molecule has 0 bridgehead atoms. The van der Waals surface area contributed by atoms with E-state index in [1.54, 1.807) is 0 Å². The zero-order chi connectivity index (χ0) is 11.4. The summed E-state index contributed by atoms with van der Waals surface area (Å²) in [5.74, 6) is 0.0823. The molecular formula is C14H15NO. The van der Waals surface area contributed by atoms with Crippen molar-refractivity contribution in [1.82, 2.24) is 0 Å². The van der Waals surface area contributed by atoms with Crippen LogP contribution in [0.1, 0.15) is 19.8 Å². The lowest BCUT2D eigenvalue weighted by molar-refractivity contribution is -0.116. The van der Waals surface area contributed by atoms with Gasteiger partial charge in [0.05, 0.1) is 0 Å². The summed E-state index contributed by atoms with van der Waals surface area (Å²) in [6.07, 6.45) is 1.44. The lowest BCUT2D eigenvalue weighted by Crippen LogP contribution is -2.10. The molecule has 2 aromatic carbocycles. The van der Waals surface area contributed by atoms with Gasteiger partial charge in [-0.1, -0.05) is 43.3 Å². The molecule has 0 heterocycles. The van der Waals surface area contributed by atoms with Gasteiger partial charge in [-0.3, -0.25) is 4.79 Å². The number of anilines is 1. The second-order valence-corrected chi connectivity index (χ2v) is 3.82. The molecule has 0 aromatic heterocycles. The fourth-order valence-corrected chi connectivity index (χ4v) is 1.77. The quantitative estimate of drug-likeness (QED) is 0.829. The second-order valence-electron chi connectivity index (χ2n) is 3.82. The van der Waals surface area contributed by atoms with Gasteiger partial charge in [0.2, 0.25) is 5.91 Å². The minimum absolute atomic E-state index is 0.0823. The molecule has 0 spiro atoms. The van der Waals surface area contributed by atoms with E-state index in [0.29, 0.717) is 6.42 Å². The molecule has 0 aliphatic carbocycles. The number of hydrogen-bond acceptors (Lipinski definition) is 1. The summed E-state index contributed by atoms with van der Waals surface area (Å²) >= 11 is 0. The van der Waals surface area contributed by atoms with Crippen molar-refractivity contribution in [3.05, 3.63) is 42.5 Å². The number of fused-ring (bicyclic) bond motifs is 1. The van der Waals surface area contributed by atoms with Gasteiger partial charge >= 0.3 is 0 Å². The third kappa shape index (κ3) is 2.22. The Kier molecular flexibility index (Phi) is 3.20. The summed E-state index contributed by atoms with van der Waals surface area (Å²) in [5, 5.41) is 5.19. The van der Waals surface area contributed by atoms with Crippen LogP contribution in [0, 0.1) is 0 Å². The Morgan fingerprint density at radius 1 is 1.12 bits per heavy atom. The Morgan fingerprint density at radius 3 is 2.69 bits per heavy atom. The molecule has 1 N–H and O–H groups in total. The molecule has 0 radical (unpaired) electrons. The molecule has 2 rings (SSSR count). The van der Waals surface area contributed by atoms with Crippen molar-refractivity contribution in [2.75, 3.05) is 5.32 Å². The maximum absolute atomic E-state index is 11.5. The first-order chi connectivity index (χ1) is 7.81. The zero-order valence-electron chi connectivity index (χ0n) is 9.36. The summed E-state index contributed by atoms with van der Waals surface area (Å²) in [6.45, 7) is 2.00. The summed E-state index contributed by atoms with van der Waals surface area (Å²) in [5.41, 5.74) is 0.900. The highest BCUT2D eigenvalue weighted by Gasteiger charge is 2.03. The third-order valence-corrected chi connectivity index (χ3v) is 2.54. The number of rotatable bonds is 3. The predicted octanol–water partition coefficient (Wildman–Crippen LogP) is 3.58. The molecule has 82 valence electrons. The van der Waals surface area contributed by atoms with Crippen LogP contribution in [-0.4, -0.2) is 5.91 Å². The van der Waals surface area contributed by atoms with Crippen LogP contribution >= 0.6 is 0 Å². The van der Waals surface area contributed by atoms with Crippen LogP contribution in [0.4, 0.5) is 5.69 Å². The van der Waals surface area contributed by atoms with E-state index >= 15 is 0 Å². The molecule has 0 atom stereocenters. The molecule has 0 aliphatic rings. The summed E-state index contributed by atoms with van der Waals surface area (Å²) in [7, 11) is 0. The summed E-state index contributed by atoms with van der Waals surface area (Å²) in [6, 6.07) is 14.0. The standard InChI is InChI=1S/C14H15NO/c1-2-6-14(16)15-13-10-5-8-11-7-3-4-9-12(11)13/h3-5,7-10H,2,6H2,1H3,(H,15,16). The van der Waals surface area contributed by atoms with Crippen LogP contribution in [0.3, 0.4) is 0 Å². The first kappa shape index (κ1) is 10.7. The Bertz CT molecular complexity index is 500. The Morgan fingerprint density at radius 2 is 1.88 bits per heavy atom. The highest BCUT2D eigenvalue weighted by molar-refractivity contribution is 6.01. The zero-order valence-corrected chi connectivity index (χ0v) is 9.36. The van der Waals surface area contributed by atoms with Crippen molar-refractivity contribution in [2.45, 2.75) is 19.8 Å². The number of amides is 1. The molecule has 0 aliphatic heterocycles. The topological polar surface area (TPSA) is 29.1 Å². The molecule has 0 fully saturated rings. The van der Waals surface area contributed by atoms with E-state index < -0.39 is 0 Å². The lowest BCUT2D eigenvalue weighted by atomic mass is 10.1. The molecule has 16 heavy (non-hydrogen) atoms. The Labute approximate surface area is 95.3 Å². The second kappa shape index (κ2) is 4.79. The third-order valence-electron chi connectivity index (χ3n) is 2.54. The molecule has 2 heteroatoms. The van der Waals surface area contributed by atoms with E-state index in [2.05, 4.69) is 5.32 Å². The molecule has 2 aromatic rings. The normalized spacial score (nSPS) is 10.3. The number of nitrogens with one attached hydrogen (secondary N) is 1. The van der Waals surface area contributed by atoms with Crippen molar-refractivity contribution < 1.29 is 4.79 Å². The molecular weight excluding hydrogens is 198 g/mol. The maximum Gasteiger partial charge on any atom is 0.224 e. The number of carbonyl (C=O) groups excluding carboxylic acids is 1. The predicted molar refractivity (Wildman–Crippen MR) is 67.5 cm³/mol. The van der Waals surface area contributed by atoms with Crippen LogP contribution < -0.4 is 5.32 Å². The van der Waals surface area contributed by atoms with Gasteiger partial charge in [0.25, 0.3) is 0 Å². The molecule has 0 saturated carbocycles. The van der Waals surface area contributed by atoms with E-state index in [-0.39, 0.29) is 5.91 Å². The van der Waals surface area contributed by atoms with E-state index in [4.69, 9.17) is 0 Å². The minimum Gasteiger partial charge on any atom is -0.326 e. The van der Waals surface area contributed by atoms with Crippen molar-refractivity contribution in [1.29, 1.82) is 0 Å². The van der Waals surface area contributed by atoms with E-state index in [1.807, 2.05) is 49.4 Å². The van der Waals surface area contributed by atoms with Crippen LogP contribution in [0.2, 0.25) is 0 Å². The molecule has 2 nitrogen and oxygen atoms in total. The van der Waals surface area contributed by atoms with Gasteiger partial charge in [0, 0.05) is 17.5 Å². The number of hydrogen-bond donors (Lipinski definition) is 1. The van der Waals surface area contributed by atoms with Gasteiger partial charge in [0.1, 0.15) is 0 Å². The van der Waals surface area contributed by atoms with Gasteiger partial charge in [-0.15, -0.1) is 0 Å². The van der Waals surface area contributed by atoms with Crippen LogP contribution in [0.5, 0.6) is 0 Å². The average Bonchev–Trinajstić information content (AvgIpc) is 2.30. The van der Waals surface area contributed by atoms with Crippen LogP contribution in [-0.2, 0) is 4.79 Å². The SMILES string of the molecule is CCCC(=O)Nc1cccc2ccccc12. The monoisotopic (exact) mass is 213 g/mol. The van der Waals surface area contributed by atoms with Crippen LogP contribution in [0.25, 0.3) is 10.8 Å². The molecule has 0 unspecified atom stereocenters. The first-order valence-corrected chi connectivity index (χ1v) is 5.59. The summed E-state index contributed by atoms with van der Waals surface area (Å²) < 4.78 is 0. The highest BCUT2D eigenvalue weighted by Crippen LogP contribution is 2.22. The van der Waals surface area contributed by atoms with Gasteiger partial charge < -0.3 is 5.32 Å². The fraction of sp³-hybridized carbons (Fsp3) is 0.214. The highest BCUT2D eigenvalue weighted by atomic mass is 16.1. The van der Waals surface area contributed by atoms with Gasteiger partial charge in [0.15, 0.2) is 0 Å². The lowest BCUT2D eigenvalue weighted by Gasteiger charge is -2.07. The van der Waals surface area contributed by atoms with Gasteiger partial charge in [-0.25, -0.2) is 0 Å². The van der Waals surface area contributed by atoms with Crippen molar-refractivity contribution in [2.24, 2.45) is 0 Å². The van der Waals surface area contributed by atoms with E-state index in [1.165, 1.54) is 0 Å². The van der Waals surface area contributed by atoms with Crippen molar-refractivity contribution >= 4 is 22.4 Å². The fourth-order valence-electron chi connectivity index (χ4n) is 1.77. The van der Waals surface area contributed by atoms with E-state index in [0.717, 1.165) is 22.9 Å². The number of carbonyl (C=O) groups is 1. The van der Waals surface area contributed by atoms with Crippen LogP contribution in [0.15, 0.2) is 42.5 Å². The van der Waals surface area contributed by atoms with Gasteiger partial charge in [-0.2, -0.15) is 0 Å². The first-order valence-electron chi connectivity index (χ1n) is 5.59. The molecule has 1 amide bonds. The average molecular weight is 213 g/mol. The van der Waals surface area contributed by atoms with Crippen molar-refractivity contribution in [3.63, 3.8) is 0 Å². The van der Waals surface area contributed by atoms with Gasteiger partial charge in [-0.05, 0) is 17.9 Å². The largest absolute Gasteiger partial charge is 0.326 e. The Balaban J connectivity index is 2.33. The maximum atomic E-state index is 11.5.